The molecule has 3 heteroatoms. The first-order chi connectivity index (χ1) is 7.27. The quantitative estimate of drug-likeness (QED) is 0.423. The van der Waals surface area contributed by atoms with Crippen LogP contribution >= 0.6 is 0 Å². The highest BCUT2D eigenvalue weighted by atomic mass is 16.5. The number of carbonyl (C=O) groups excluding carboxylic acids is 2. The third kappa shape index (κ3) is 3.28. The Kier molecular flexibility index (Phi) is 4.11. The summed E-state index contributed by atoms with van der Waals surface area (Å²) >= 11 is 0. The SMILES string of the molecule is CC#C[C@H](C=O)OC(=O)c1ccccc1. The lowest BCUT2D eigenvalue weighted by atomic mass is 10.2. The van der Waals surface area contributed by atoms with Crippen molar-refractivity contribution in [2.75, 3.05) is 0 Å². The average molecular weight is 202 g/mol. The molecule has 0 aliphatic heterocycles. The molecule has 0 aromatic heterocycles. The number of aldehydes is 1. The molecule has 3 nitrogen and oxygen atoms in total. The fourth-order valence-electron chi connectivity index (χ4n) is 0.991. The molecule has 0 spiro atoms. The maximum atomic E-state index is 11.4. The summed E-state index contributed by atoms with van der Waals surface area (Å²) < 4.78 is 4.85. The Morgan fingerprint density at radius 3 is 2.60 bits per heavy atom. The lowest BCUT2D eigenvalue weighted by molar-refractivity contribution is -0.113. The number of carbonyl (C=O) groups is 2. The smallest absolute Gasteiger partial charge is 0.339 e. The Balaban J connectivity index is 2.69. The molecule has 1 atom stereocenters. The van der Waals surface area contributed by atoms with E-state index in [0.717, 1.165) is 0 Å². The number of benzene rings is 1. The topological polar surface area (TPSA) is 43.4 Å². The molecule has 0 aliphatic carbocycles. The van der Waals surface area contributed by atoms with Crippen LogP contribution in [0, 0.1) is 11.8 Å². The first-order valence-electron chi connectivity index (χ1n) is 4.41. The van der Waals surface area contributed by atoms with Gasteiger partial charge in [0, 0.05) is 0 Å². The van der Waals surface area contributed by atoms with E-state index >= 15 is 0 Å². The summed E-state index contributed by atoms with van der Waals surface area (Å²) in [6.07, 6.45) is -0.486. The molecular weight excluding hydrogens is 192 g/mol. The van der Waals surface area contributed by atoms with Crippen molar-refractivity contribution < 1.29 is 14.3 Å². The minimum Gasteiger partial charge on any atom is -0.438 e. The number of ether oxygens (including phenoxy) is 1. The van der Waals surface area contributed by atoms with Gasteiger partial charge in [0.1, 0.15) is 0 Å². The normalized spacial score (nSPS) is 10.7. The van der Waals surface area contributed by atoms with E-state index in [1.54, 1.807) is 37.3 Å². The number of hydrogen-bond acceptors (Lipinski definition) is 3. The maximum absolute atomic E-state index is 11.4. The van der Waals surface area contributed by atoms with E-state index in [9.17, 15) is 9.59 Å². The molecule has 0 radical (unpaired) electrons. The predicted octanol–water partition coefficient (Wildman–Crippen LogP) is 1.43. The van der Waals surface area contributed by atoms with Gasteiger partial charge in [-0.3, -0.25) is 4.79 Å². The number of hydrogen-bond donors (Lipinski definition) is 0. The summed E-state index contributed by atoms with van der Waals surface area (Å²) in [5.41, 5.74) is 0.405. The molecule has 1 rings (SSSR count). The molecule has 0 unspecified atom stereocenters. The van der Waals surface area contributed by atoms with E-state index in [1.165, 1.54) is 0 Å². The molecule has 0 saturated carbocycles. The van der Waals surface area contributed by atoms with Crippen LogP contribution in [0.1, 0.15) is 17.3 Å². The second kappa shape index (κ2) is 5.61. The summed E-state index contributed by atoms with van der Waals surface area (Å²) in [6.45, 7) is 1.58. The van der Waals surface area contributed by atoms with Crippen molar-refractivity contribution in [3.05, 3.63) is 35.9 Å². The molecule has 76 valence electrons. The van der Waals surface area contributed by atoms with Gasteiger partial charge in [0.05, 0.1) is 5.56 Å². The zero-order valence-electron chi connectivity index (χ0n) is 8.27. The third-order valence-electron chi connectivity index (χ3n) is 1.65. The van der Waals surface area contributed by atoms with Crippen LogP contribution in [0.25, 0.3) is 0 Å². The highest BCUT2D eigenvalue weighted by molar-refractivity contribution is 5.90. The van der Waals surface area contributed by atoms with E-state index in [-0.39, 0.29) is 0 Å². The predicted molar refractivity (Wildman–Crippen MR) is 55.2 cm³/mol. The third-order valence-corrected chi connectivity index (χ3v) is 1.65. The molecule has 15 heavy (non-hydrogen) atoms. The van der Waals surface area contributed by atoms with Crippen LogP contribution in [0.15, 0.2) is 30.3 Å². The van der Waals surface area contributed by atoms with Crippen LogP contribution < -0.4 is 0 Å². The molecular formula is C12H10O3. The fraction of sp³-hybridized carbons (Fsp3) is 0.167. The van der Waals surface area contributed by atoms with Crippen LogP contribution in [-0.2, 0) is 9.53 Å². The van der Waals surface area contributed by atoms with Crippen LogP contribution in [0.2, 0.25) is 0 Å². The van der Waals surface area contributed by atoms with Crippen LogP contribution in [0.4, 0.5) is 0 Å². The molecule has 0 aliphatic rings. The van der Waals surface area contributed by atoms with E-state index in [4.69, 9.17) is 4.74 Å². The Labute approximate surface area is 88.1 Å². The van der Waals surface area contributed by atoms with Gasteiger partial charge in [0.2, 0.25) is 6.10 Å². The van der Waals surface area contributed by atoms with Gasteiger partial charge in [0.15, 0.2) is 6.29 Å². The summed E-state index contributed by atoms with van der Waals surface area (Å²) in [7, 11) is 0. The molecule has 1 aromatic carbocycles. The standard InChI is InChI=1S/C12H10O3/c1-2-6-11(9-13)15-12(14)10-7-4-3-5-8-10/h3-5,7-9,11H,1H3/t11-/m1/s1. The van der Waals surface area contributed by atoms with Gasteiger partial charge >= 0.3 is 5.97 Å². The number of esters is 1. The van der Waals surface area contributed by atoms with Crippen LogP contribution in [0.3, 0.4) is 0 Å². The zero-order chi connectivity index (χ0) is 11.1. The van der Waals surface area contributed by atoms with Crippen molar-refractivity contribution in [1.82, 2.24) is 0 Å². The summed E-state index contributed by atoms with van der Waals surface area (Å²) in [5, 5.41) is 0. The van der Waals surface area contributed by atoms with Gasteiger partial charge in [0.25, 0.3) is 0 Å². The van der Waals surface area contributed by atoms with Gasteiger partial charge in [-0.1, -0.05) is 24.1 Å². The van der Waals surface area contributed by atoms with Crippen molar-refractivity contribution in [3.63, 3.8) is 0 Å². The highest BCUT2D eigenvalue weighted by Crippen LogP contribution is 2.02. The molecule has 0 fully saturated rings. The van der Waals surface area contributed by atoms with Crippen LogP contribution in [-0.4, -0.2) is 18.4 Å². The van der Waals surface area contributed by atoms with Crippen LogP contribution in [0.5, 0.6) is 0 Å². The summed E-state index contributed by atoms with van der Waals surface area (Å²) in [4.78, 5) is 21.9. The largest absolute Gasteiger partial charge is 0.438 e. The molecule has 0 heterocycles. The van der Waals surface area contributed by atoms with E-state index in [2.05, 4.69) is 11.8 Å². The van der Waals surface area contributed by atoms with Crippen molar-refractivity contribution in [1.29, 1.82) is 0 Å². The summed E-state index contributed by atoms with van der Waals surface area (Å²) in [5.74, 6) is 4.44. The molecule has 0 N–H and O–H groups in total. The monoisotopic (exact) mass is 202 g/mol. The highest BCUT2D eigenvalue weighted by Gasteiger charge is 2.11. The minimum absolute atomic E-state index is 0.405. The zero-order valence-corrected chi connectivity index (χ0v) is 8.27. The van der Waals surface area contributed by atoms with Crippen molar-refractivity contribution >= 4 is 12.3 Å². The molecule has 0 amide bonds. The van der Waals surface area contributed by atoms with Gasteiger partial charge in [-0.15, -0.1) is 5.92 Å². The van der Waals surface area contributed by atoms with E-state index < -0.39 is 12.1 Å². The van der Waals surface area contributed by atoms with Gasteiger partial charge in [-0.25, -0.2) is 4.79 Å². The van der Waals surface area contributed by atoms with Gasteiger partial charge in [-0.05, 0) is 19.1 Å². The minimum atomic E-state index is -0.984. The second-order valence-electron chi connectivity index (χ2n) is 2.72. The lowest BCUT2D eigenvalue weighted by Gasteiger charge is -2.05. The Morgan fingerprint density at radius 2 is 2.07 bits per heavy atom. The molecule has 1 aromatic rings. The lowest BCUT2D eigenvalue weighted by Crippen LogP contribution is -2.17. The molecule has 0 saturated heterocycles. The first kappa shape index (κ1) is 11.0. The molecule has 0 bridgehead atoms. The van der Waals surface area contributed by atoms with Crippen molar-refractivity contribution in [3.8, 4) is 11.8 Å². The van der Waals surface area contributed by atoms with E-state index in [1.807, 2.05) is 0 Å². The first-order valence-corrected chi connectivity index (χ1v) is 4.41. The van der Waals surface area contributed by atoms with Gasteiger partial charge < -0.3 is 4.74 Å². The second-order valence-corrected chi connectivity index (χ2v) is 2.72. The van der Waals surface area contributed by atoms with Crippen molar-refractivity contribution in [2.45, 2.75) is 13.0 Å². The average Bonchev–Trinajstić information content (AvgIpc) is 2.29. The Morgan fingerprint density at radius 1 is 1.40 bits per heavy atom. The Bertz CT molecular complexity index is 398. The Hall–Kier alpha value is -2.08. The van der Waals surface area contributed by atoms with Crippen molar-refractivity contribution in [2.24, 2.45) is 0 Å². The number of rotatable bonds is 3. The van der Waals surface area contributed by atoms with Gasteiger partial charge in [-0.2, -0.15) is 0 Å². The van der Waals surface area contributed by atoms with E-state index in [0.29, 0.717) is 11.8 Å². The summed E-state index contributed by atoms with van der Waals surface area (Å²) in [6, 6.07) is 8.46. The fourth-order valence-corrected chi connectivity index (χ4v) is 0.991. The maximum Gasteiger partial charge on any atom is 0.339 e.